The molecule has 0 N–H and O–H groups in total. The predicted octanol–water partition coefficient (Wildman–Crippen LogP) is 6.89. The van der Waals surface area contributed by atoms with Crippen LogP contribution in [-0.2, 0) is 16.3 Å². The van der Waals surface area contributed by atoms with Crippen molar-refractivity contribution in [2.45, 2.75) is 51.2 Å². The Hall–Kier alpha value is -1.90. The predicted molar refractivity (Wildman–Crippen MR) is 122 cm³/mol. The van der Waals surface area contributed by atoms with Gasteiger partial charge in [0, 0.05) is 17.9 Å². The summed E-state index contributed by atoms with van der Waals surface area (Å²) in [6, 6.07) is 15.9. The maximum Gasteiger partial charge on any atom is 0.183 e. The molecule has 1 atom stereocenters. The monoisotopic (exact) mass is 388 g/mol. The topological polar surface area (TPSA) is 9.23 Å². The Morgan fingerprint density at radius 2 is 1.68 bits per heavy atom. The van der Waals surface area contributed by atoms with E-state index in [0.29, 0.717) is 5.92 Å². The van der Waals surface area contributed by atoms with Gasteiger partial charge in [0.15, 0.2) is 8.32 Å². The molecule has 1 nitrogen and oxygen atoms in total. The summed E-state index contributed by atoms with van der Waals surface area (Å²) in [4.78, 5) is 0. The molecule has 0 amide bonds. The fourth-order valence-electron chi connectivity index (χ4n) is 5.05. The van der Waals surface area contributed by atoms with Crippen molar-refractivity contribution in [3.8, 4) is 11.1 Å². The molecule has 0 saturated heterocycles. The van der Waals surface area contributed by atoms with E-state index in [4.69, 9.17) is 4.43 Å². The van der Waals surface area contributed by atoms with Gasteiger partial charge in [-0.1, -0.05) is 73.7 Å². The van der Waals surface area contributed by atoms with Crippen molar-refractivity contribution in [3.63, 3.8) is 0 Å². The fraction of sp³-hybridized carbons (Fsp3) is 0.385. The molecule has 0 bridgehead atoms. The van der Waals surface area contributed by atoms with Crippen LogP contribution >= 0.6 is 0 Å². The Labute approximate surface area is 171 Å². The number of rotatable bonds is 7. The molecule has 2 aromatic rings. The van der Waals surface area contributed by atoms with Crippen molar-refractivity contribution < 1.29 is 4.43 Å². The summed E-state index contributed by atoms with van der Waals surface area (Å²) < 4.78 is 6.34. The lowest BCUT2D eigenvalue weighted by Crippen LogP contribution is -2.37. The lowest BCUT2D eigenvalue weighted by molar-refractivity contribution is 0.224. The Kier molecular flexibility index (Phi) is 5.20. The first-order valence-electron chi connectivity index (χ1n) is 10.6. The van der Waals surface area contributed by atoms with Gasteiger partial charge in [-0.2, -0.15) is 0 Å². The van der Waals surface area contributed by atoms with Crippen LogP contribution in [0.15, 0.2) is 66.8 Å². The van der Waals surface area contributed by atoms with Crippen LogP contribution in [0.4, 0.5) is 0 Å². The zero-order valence-corrected chi connectivity index (χ0v) is 18.7. The van der Waals surface area contributed by atoms with Crippen LogP contribution in [0.3, 0.4) is 0 Å². The van der Waals surface area contributed by atoms with Crippen LogP contribution in [0.1, 0.15) is 36.5 Å². The van der Waals surface area contributed by atoms with Crippen molar-refractivity contribution >= 4 is 8.32 Å². The van der Waals surface area contributed by atoms with Crippen LogP contribution in [0, 0.1) is 5.92 Å². The van der Waals surface area contributed by atoms with E-state index in [1.165, 1.54) is 27.8 Å². The van der Waals surface area contributed by atoms with E-state index in [1.54, 1.807) is 0 Å². The minimum atomic E-state index is -1.52. The van der Waals surface area contributed by atoms with Crippen LogP contribution in [0.5, 0.6) is 0 Å². The summed E-state index contributed by atoms with van der Waals surface area (Å²) in [7, 11) is -1.52. The van der Waals surface area contributed by atoms with Gasteiger partial charge in [-0.05, 0) is 66.7 Å². The zero-order chi connectivity index (χ0) is 19.8. The summed E-state index contributed by atoms with van der Waals surface area (Å²) >= 11 is 0. The second-order valence-corrected chi connectivity index (χ2v) is 13.7. The minimum absolute atomic E-state index is 0.0938. The SMILES string of the molecule is CCC(CCO[Si](C)(C)C)(c1cccc2c1Cc1ccccc1-2)C1C=CC=C1. The third-order valence-corrected chi connectivity index (χ3v) is 7.56. The molecule has 0 aromatic heterocycles. The summed E-state index contributed by atoms with van der Waals surface area (Å²) in [5.41, 5.74) is 7.47. The van der Waals surface area contributed by atoms with Crippen LogP contribution in [0.25, 0.3) is 11.1 Å². The number of allylic oxidation sites excluding steroid dienone is 4. The van der Waals surface area contributed by atoms with Crippen molar-refractivity contribution in [3.05, 3.63) is 83.5 Å². The first-order valence-corrected chi connectivity index (χ1v) is 14.0. The van der Waals surface area contributed by atoms with Crippen LogP contribution in [-0.4, -0.2) is 14.9 Å². The molecule has 2 aliphatic carbocycles. The van der Waals surface area contributed by atoms with Gasteiger partial charge >= 0.3 is 0 Å². The largest absolute Gasteiger partial charge is 0.418 e. The number of fused-ring (bicyclic) bond motifs is 3. The standard InChI is InChI=1S/C26H32OSi/c1-5-26(21-12-7-8-13-21,17-18-27-28(2,3)4)25-16-10-15-23-22-14-9-6-11-20(22)19-24(23)25/h6-16,21H,5,17-19H2,1-4H3. The van der Waals surface area contributed by atoms with Crippen LogP contribution < -0.4 is 0 Å². The second-order valence-electron chi connectivity index (χ2n) is 9.18. The molecule has 2 heteroatoms. The van der Waals surface area contributed by atoms with E-state index in [-0.39, 0.29) is 5.41 Å². The van der Waals surface area contributed by atoms with Gasteiger partial charge in [0.2, 0.25) is 0 Å². The lowest BCUT2D eigenvalue weighted by atomic mass is 9.65. The highest BCUT2D eigenvalue weighted by atomic mass is 28.4. The molecular weight excluding hydrogens is 356 g/mol. The Bertz CT molecular complexity index is 906. The van der Waals surface area contributed by atoms with Gasteiger partial charge in [0.05, 0.1) is 0 Å². The smallest absolute Gasteiger partial charge is 0.183 e. The van der Waals surface area contributed by atoms with E-state index < -0.39 is 8.32 Å². The summed E-state index contributed by atoms with van der Waals surface area (Å²) in [5, 5.41) is 0. The molecule has 1 unspecified atom stereocenters. The quantitative estimate of drug-likeness (QED) is 0.400. The van der Waals surface area contributed by atoms with Crippen molar-refractivity contribution in [2.75, 3.05) is 6.61 Å². The van der Waals surface area contributed by atoms with E-state index in [0.717, 1.165) is 25.9 Å². The highest BCUT2D eigenvalue weighted by molar-refractivity contribution is 6.69. The molecule has 2 aliphatic rings. The molecule has 0 spiro atoms. The van der Waals surface area contributed by atoms with Crippen molar-refractivity contribution in [1.29, 1.82) is 0 Å². The molecule has 28 heavy (non-hydrogen) atoms. The normalized spacial score (nSPS) is 17.6. The molecule has 0 fully saturated rings. The van der Waals surface area contributed by atoms with Crippen molar-refractivity contribution in [2.24, 2.45) is 5.92 Å². The molecular formula is C26H32OSi. The summed E-state index contributed by atoms with van der Waals surface area (Å²) in [5.74, 6) is 0.443. The lowest BCUT2D eigenvalue weighted by Gasteiger charge is -2.40. The number of benzene rings is 2. The van der Waals surface area contributed by atoms with E-state index >= 15 is 0 Å². The maximum absolute atomic E-state index is 6.34. The first-order chi connectivity index (χ1) is 13.4. The average Bonchev–Trinajstić information content (AvgIpc) is 3.32. The van der Waals surface area contributed by atoms with Gasteiger partial charge in [-0.25, -0.2) is 0 Å². The second kappa shape index (κ2) is 7.49. The molecule has 0 saturated carbocycles. The van der Waals surface area contributed by atoms with E-state index in [2.05, 4.69) is 93.3 Å². The van der Waals surface area contributed by atoms with Gasteiger partial charge < -0.3 is 4.43 Å². The summed E-state index contributed by atoms with van der Waals surface area (Å²) in [6.45, 7) is 10.1. The fourth-order valence-corrected chi connectivity index (χ4v) is 5.76. The Balaban J connectivity index is 1.78. The maximum atomic E-state index is 6.34. The molecule has 4 rings (SSSR count). The van der Waals surface area contributed by atoms with Gasteiger partial charge in [0.25, 0.3) is 0 Å². The molecule has 0 aliphatic heterocycles. The van der Waals surface area contributed by atoms with Gasteiger partial charge in [-0.15, -0.1) is 0 Å². The molecule has 0 heterocycles. The minimum Gasteiger partial charge on any atom is -0.418 e. The molecule has 2 aromatic carbocycles. The average molecular weight is 389 g/mol. The number of hydrogen-bond donors (Lipinski definition) is 0. The highest BCUT2D eigenvalue weighted by Gasteiger charge is 2.40. The van der Waals surface area contributed by atoms with E-state index in [9.17, 15) is 0 Å². The Morgan fingerprint density at radius 1 is 0.964 bits per heavy atom. The van der Waals surface area contributed by atoms with Gasteiger partial charge in [0.1, 0.15) is 0 Å². The third kappa shape index (κ3) is 3.44. The van der Waals surface area contributed by atoms with E-state index in [1.807, 2.05) is 0 Å². The summed E-state index contributed by atoms with van der Waals surface area (Å²) in [6.07, 6.45) is 12.4. The molecule has 146 valence electrons. The molecule has 0 radical (unpaired) electrons. The van der Waals surface area contributed by atoms with Gasteiger partial charge in [-0.3, -0.25) is 0 Å². The third-order valence-electron chi connectivity index (χ3n) is 6.49. The van der Waals surface area contributed by atoms with Crippen molar-refractivity contribution in [1.82, 2.24) is 0 Å². The first kappa shape index (κ1) is 19.4. The van der Waals surface area contributed by atoms with Crippen LogP contribution in [0.2, 0.25) is 19.6 Å². The highest BCUT2D eigenvalue weighted by Crippen LogP contribution is 2.48. The zero-order valence-electron chi connectivity index (χ0n) is 17.7. The number of hydrogen-bond acceptors (Lipinski definition) is 1. The Morgan fingerprint density at radius 3 is 2.39 bits per heavy atom.